The van der Waals surface area contributed by atoms with E-state index in [4.69, 9.17) is 0 Å². The smallest absolute Gasteiger partial charge is 0.249 e. The molecule has 1 aromatic heterocycles. The van der Waals surface area contributed by atoms with Crippen molar-refractivity contribution in [1.29, 1.82) is 0 Å². The molecule has 2 N–H and O–H groups in total. The second kappa shape index (κ2) is 7.76. The van der Waals surface area contributed by atoms with Crippen molar-refractivity contribution in [2.45, 2.75) is 32.6 Å². The fraction of sp³-hybridized carbons (Fsp3) is 0.471. The summed E-state index contributed by atoms with van der Waals surface area (Å²) in [6.45, 7) is 5.31. The van der Waals surface area contributed by atoms with Crippen molar-refractivity contribution in [3.05, 3.63) is 30.5 Å². The van der Waals surface area contributed by atoms with E-state index in [0.29, 0.717) is 5.95 Å². The SMILES string of the molecule is CCCNc1cnnc(Nc2ccc(N3CCCCC3)cc2)n1. The Labute approximate surface area is 137 Å². The largest absolute Gasteiger partial charge is 0.372 e. The van der Waals surface area contributed by atoms with Crippen LogP contribution in [0.3, 0.4) is 0 Å². The minimum Gasteiger partial charge on any atom is -0.372 e. The van der Waals surface area contributed by atoms with Crippen LogP contribution in [0, 0.1) is 0 Å². The number of aromatic nitrogens is 3. The van der Waals surface area contributed by atoms with Gasteiger partial charge in [-0.15, -0.1) is 5.10 Å². The van der Waals surface area contributed by atoms with Gasteiger partial charge in [-0.25, -0.2) is 0 Å². The van der Waals surface area contributed by atoms with Crippen LogP contribution >= 0.6 is 0 Å². The van der Waals surface area contributed by atoms with Crippen LogP contribution in [0.4, 0.5) is 23.1 Å². The molecule has 0 saturated carbocycles. The Kier molecular flexibility index (Phi) is 5.24. The molecule has 1 fully saturated rings. The number of benzene rings is 1. The van der Waals surface area contributed by atoms with Gasteiger partial charge in [0, 0.05) is 31.0 Å². The average molecular weight is 312 g/mol. The Hall–Kier alpha value is -2.37. The number of hydrogen-bond acceptors (Lipinski definition) is 6. The molecule has 1 aliphatic heterocycles. The van der Waals surface area contributed by atoms with Crippen LogP contribution in [-0.2, 0) is 0 Å². The third-order valence-corrected chi connectivity index (χ3v) is 3.96. The zero-order chi connectivity index (χ0) is 15.9. The Morgan fingerprint density at radius 2 is 1.87 bits per heavy atom. The van der Waals surface area contributed by atoms with E-state index < -0.39 is 0 Å². The molecule has 6 nitrogen and oxygen atoms in total. The van der Waals surface area contributed by atoms with E-state index in [1.165, 1.54) is 24.9 Å². The van der Waals surface area contributed by atoms with Crippen LogP contribution in [0.1, 0.15) is 32.6 Å². The Bertz CT molecular complexity index is 607. The van der Waals surface area contributed by atoms with E-state index in [9.17, 15) is 0 Å². The highest BCUT2D eigenvalue weighted by atomic mass is 15.3. The van der Waals surface area contributed by atoms with Gasteiger partial charge in [-0.05, 0) is 49.9 Å². The summed E-state index contributed by atoms with van der Waals surface area (Å²) in [5, 5.41) is 14.4. The van der Waals surface area contributed by atoms with Gasteiger partial charge >= 0.3 is 0 Å². The molecule has 6 heteroatoms. The molecule has 0 unspecified atom stereocenters. The molecule has 0 radical (unpaired) electrons. The summed E-state index contributed by atoms with van der Waals surface area (Å²) in [5.74, 6) is 1.26. The third-order valence-electron chi connectivity index (χ3n) is 3.96. The van der Waals surface area contributed by atoms with Crippen LogP contribution in [-0.4, -0.2) is 34.8 Å². The van der Waals surface area contributed by atoms with Gasteiger partial charge < -0.3 is 15.5 Å². The van der Waals surface area contributed by atoms with Crippen molar-refractivity contribution in [2.75, 3.05) is 35.2 Å². The molecule has 0 amide bonds. The molecule has 3 rings (SSSR count). The number of hydrogen-bond donors (Lipinski definition) is 2. The van der Waals surface area contributed by atoms with Crippen LogP contribution in [0.2, 0.25) is 0 Å². The fourth-order valence-corrected chi connectivity index (χ4v) is 2.73. The van der Waals surface area contributed by atoms with Crippen LogP contribution in [0.15, 0.2) is 30.5 Å². The summed E-state index contributed by atoms with van der Waals surface area (Å²) in [4.78, 5) is 6.86. The Morgan fingerprint density at radius 3 is 2.61 bits per heavy atom. The Morgan fingerprint density at radius 1 is 1.09 bits per heavy atom. The highest BCUT2D eigenvalue weighted by Gasteiger charge is 2.10. The molecule has 0 spiro atoms. The lowest BCUT2D eigenvalue weighted by Crippen LogP contribution is -2.29. The van der Waals surface area contributed by atoms with Gasteiger partial charge in [-0.3, -0.25) is 0 Å². The minimum absolute atomic E-state index is 0.511. The highest BCUT2D eigenvalue weighted by Crippen LogP contribution is 2.22. The van der Waals surface area contributed by atoms with Gasteiger partial charge in [-0.2, -0.15) is 10.1 Å². The molecule has 1 aliphatic rings. The van der Waals surface area contributed by atoms with E-state index in [-0.39, 0.29) is 0 Å². The van der Waals surface area contributed by atoms with Gasteiger partial charge in [-0.1, -0.05) is 6.92 Å². The van der Waals surface area contributed by atoms with Gasteiger partial charge in [0.05, 0.1) is 6.20 Å². The number of piperidine rings is 1. The average Bonchev–Trinajstić information content (AvgIpc) is 2.62. The molecular weight excluding hydrogens is 288 g/mol. The molecule has 122 valence electrons. The lowest BCUT2D eigenvalue weighted by molar-refractivity contribution is 0.578. The lowest BCUT2D eigenvalue weighted by atomic mass is 10.1. The predicted molar refractivity (Wildman–Crippen MR) is 94.4 cm³/mol. The maximum absolute atomic E-state index is 4.41. The van der Waals surface area contributed by atoms with Crippen molar-refractivity contribution in [1.82, 2.24) is 15.2 Å². The van der Waals surface area contributed by atoms with E-state index in [1.54, 1.807) is 6.20 Å². The zero-order valence-electron chi connectivity index (χ0n) is 13.6. The number of rotatable bonds is 6. The van der Waals surface area contributed by atoms with Crippen molar-refractivity contribution < 1.29 is 0 Å². The van der Waals surface area contributed by atoms with Gasteiger partial charge in [0.15, 0.2) is 5.82 Å². The predicted octanol–water partition coefficient (Wildman–Crippen LogP) is 3.43. The van der Waals surface area contributed by atoms with E-state index in [1.807, 2.05) is 0 Å². The number of nitrogens with one attached hydrogen (secondary N) is 2. The quantitative estimate of drug-likeness (QED) is 0.852. The Balaban J connectivity index is 1.63. The third kappa shape index (κ3) is 4.31. The van der Waals surface area contributed by atoms with E-state index in [2.05, 4.69) is 61.9 Å². The first kappa shape index (κ1) is 15.5. The molecule has 1 aromatic carbocycles. The lowest BCUT2D eigenvalue weighted by Gasteiger charge is -2.28. The second-order valence-corrected chi connectivity index (χ2v) is 5.81. The maximum atomic E-state index is 4.41. The van der Waals surface area contributed by atoms with Crippen LogP contribution < -0.4 is 15.5 Å². The summed E-state index contributed by atoms with van der Waals surface area (Å²) in [7, 11) is 0. The first-order valence-corrected chi connectivity index (χ1v) is 8.41. The topological polar surface area (TPSA) is 66.0 Å². The first-order valence-electron chi connectivity index (χ1n) is 8.41. The zero-order valence-corrected chi connectivity index (χ0v) is 13.6. The first-order chi connectivity index (χ1) is 11.3. The van der Waals surface area contributed by atoms with Crippen molar-refractivity contribution in [3.63, 3.8) is 0 Å². The molecule has 1 saturated heterocycles. The molecule has 2 heterocycles. The molecule has 0 bridgehead atoms. The minimum atomic E-state index is 0.511. The standard InChI is InChI=1S/C17H24N6/c1-2-10-18-16-13-19-22-17(21-16)20-14-6-8-15(9-7-14)23-11-4-3-5-12-23/h6-9,13H,2-5,10-12H2,1H3,(H2,18,20,21,22). The van der Waals surface area contributed by atoms with Crippen molar-refractivity contribution >= 4 is 23.1 Å². The summed E-state index contributed by atoms with van der Waals surface area (Å²) < 4.78 is 0. The van der Waals surface area contributed by atoms with Crippen molar-refractivity contribution in [3.8, 4) is 0 Å². The van der Waals surface area contributed by atoms with Gasteiger partial charge in [0.2, 0.25) is 5.95 Å². The second-order valence-electron chi connectivity index (χ2n) is 5.81. The summed E-state index contributed by atoms with van der Waals surface area (Å²) in [6, 6.07) is 8.44. The van der Waals surface area contributed by atoms with Crippen LogP contribution in [0.5, 0.6) is 0 Å². The fourth-order valence-electron chi connectivity index (χ4n) is 2.73. The van der Waals surface area contributed by atoms with Gasteiger partial charge in [0.25, 0.3) is 0 Å². The molecule has 2 aromatic rings. The molecule has 0 atom stereocenters. The normalized spacial score (nSPS) is 14.6. The maximum Gasteiger partial charge on any atom is 0.249 e. The number of anilines is 4. The summed E-state index contributed by atoms with van der Waals surface area (Å²) >= 11 is 0. The highest BCUT2D eigenvalue weighted by molar-refractivity contribution is 5.59. The summed E-state index contributed by atoms with van der Waals surface area (Å²) in [5.41, 5.74) is 2.26. The monoisotopic (exact) mass is 312 g/mol. The van der Waals surface area contributed by atoms with Gasteiger partial charge in [0.1, 0.15) is 0 Å². The van der Waals surface area contributed by atoms with E-state index in [0.717, 1.165) is 37.6 Å². The van der Waals surface area contributed by atoms with Crippen molar-refractivity contribution in [2.24, 2.45) is 0 Å². The van der Waals surface area contributed by atoms with E-state index >= 15 is 0 Å². The van der Waals surface area contributed by atoms with Crippen LogP contribution in [0.25, 0.3) is 0 Å². The molecular formula is C17H24N6. The number of nitrogens with zero attached hydrogens (tertiary/aromatic N) is 4. The molecule has 0 aliphatic carbocycles. The molecule has 23 heavy (non-hydrogen) atoms. The summed E-state index contributed by atoms with van der Waals surface area (Å²) in [6.07, 6.45) is 6.61.